The van der Waals surface area contributed by atoms with Crippen molar-refractivity contribution in [2.24, 2.45) is 0 Å². The van der Waals surface area contributed by atoms with Crippen LogP contribution in [-0.4, -0.2) is 50.6 Å². The summed E-state index contributed by atoms with van der Waals surface area (Å²) in [6, 6.07) is 7.28. The Hall–Kier alpha value is -3.29. The van der Waals surface area contributed by atoms with Gasteiger partial charge in [-0.1, -0.05) is 18.5 Å². The molecule has 0 atom stereocenters. The Kier molecular flexibility index (Phi) is 5.27. The van der Waals surface area contributed by atoms with Crippen LogP contribution in [0.5, 0.6) is 5.75 Å². The highest BCUT2D eigenvalue weighted by Gasteiger charge is 2.36. The van der Waals surface area contributed by atoms with E-state index in [1.54, 1.807) is 35.6 Å². The van der Waals surface area contributed by atoms with E-state index in [1.807, 2.05) is 12.1 Å². The first kappa shape index (κ1) is 18.1. The summed E-state index contributed by atoms with van der Waals surface area (Å²) in [4.78, 5) is 26.9. The van der Waals surface area contributed by atoms with E-state index in [0.29, 0.717) is 42.7 Å². The molecule has 1 saturated heterocycles. The van der Waals surface area contributed by atoms with Gasteiger partial charge in [-0.3, -0.25) is 9.78 Å². The quantitative estimate of drug-likeness (QED) is 0.583. The lowest BCUT2D eigenvalue weighted by Gasteiger charge is -2.37. The van der Waals surface area contributed by atoms with Crippen LogP contribution in [0, 0.1) is 0 Å². The lowest BCUT2D eigenvalue weighted by molar-refractivity contribution is 0.0569. The third-order valence-corrected chi connectivity index (χ3v) is 4.62. The molecule has 1 aromatic carbocycles. The second kappa shape index (κ2) is 8.16. The Morgan fingerprint density at radius 2 is 2.07 bits per heavy atom. The van der Waals surface area contributed by atoms with Crippen molar-refractivity contribution in [2.75, 3.05) is 19.7 Å². The van der Waals surface area contributed by atoms with E-state index in [9.17, 15) is 4.79 Å². The van der Waals surface area contributed by atoms with Crippen molar-refractivity contribution < 1.29 is 14.1 Å². The molecule has 8 nitrogen and oxygen atoms in total. The van der Waals surface area contributed by atoms with E-state index in [2.05, 4.69) is 27.0 Å². The number of carbonyl (C=O) groups excluding carboxylic acids is 1. The third-order valence-electron chi connectivity index (χ3n) is 4.62. The van der Waals surface area contributed by atoms with E-state index >= 15 is 0 Å². The normalized spacial score (nSPS) is 14.0. The van der Waals surface area contributed by atoms with Gasteiger partial charge in [0.25, 0.3) is 5.91 Å². The zero-order valence-corrected chi connectivity index (χ0v) is 15.6. The number of hydrogen-bond donors (Lipinski definition) is 0. The van der Waals surface area contributed by atoms with Gasteiger partial charge in [0.15, 0.2) is 0 Å². The lowest BCUT2D eigenvalue weighted by atomic mass is 9.98. The molecule has 4 rings (SSSR count). The zero-order chi connectivity index (χ0) is 19.3. The Bertz CT molecular complexity index is 921. The van der Waals surface area contributed by atoms with Crippen LogP contribution in [0.15, 0.2) is 47.4 Å². The molecule has 2 aromatic heterocycles. The van der Waals surface area contributed by atoms with Crippen molar-refractivity contribution >= 4 is 5.91 Å². The summed E-state index contributed by atoms with van der Waals surface area (Å²) in [6.07, 6.45) is 6.86. The van der Waals surface area contributed by atoms with Crippen LogP contribution in [0.3, 0.4) is 0 Å². The minimum atomic E-state index is -0.00924. The number of nitrogens with zero attached hydrogens (tertiary/aromatic N) is 5. The van der Waals surface area contributed by atoms with Crippen LogP contribution in [0.25, 0.3) is 11.5 Å². The number of aromatic nitrogens is 4. The summed E-state index contributed by atoms with van der Waals surface area (Å²) in [5.41, 5.74) is 1.21. The maximum atomic E-state index is 12.6. The number of ether oxygens (including phenoxy) is 1. The van der Waals surface area contributed by atoms with Crippen LogP contribution in [0.2, 0.25) is 0 Å². The summed E-state index contributed by atoms with van der Waals surface area (Å²) in [5.74, 6) is 1.74. The Morgan fingerprint density at radius 1 is 1.25 bits per heavy atom. The second-order valence-corrected chi connectivity index (χ2v) is 6.68. The van der Waals surface area contributed by atoms with Gasteiger partial charge in [-0.25, -0.2) is 4.98 Å². The molecule has 0 bridgehead atoms. The molecule has 8 heteroatoms. The number of benzene rings is 1. The molecular formula is C20H21N5O3. The number of carbonyl (C=O) groups is 1. The van der Waals surface area contributed by atoms with E-state index in [1.165, 1.54) is 0 Å². The summed E-state index contributed by atoms with van der Waals surface area (Å²) in [6.45, 7) is 3.92. The average molecular weight is 379 g/mol. The largest absolute Gasteiger partial charge is 0.494 e. The molecule has 1 aliphatic heterocycles. The fraction of sp³-hybridized carbons (Fsp3) is 0.350. The van der Waals surface area contributed by atoms with Gasteiger partial charge < -0.3 is 14.2 Å². The molecule has 3 aromatic rings. The van der Waals surface area contributed by atoms with Gasteiger partial charge in [0, 0.05) is 31.0 Å². The van der Waals surface area contributed by atoms with E-state index in [0.717, 1.165) is 18.6 Å². The first-order chi connectivity index (χ1) is 13.7. The predicted molar refractivity (Wildman–Crippen MR) is 101 cm³/mol. The lowest BCUT2D eigenvalue weighted by Crippen LogP contribution is -2.48. The minimum Gasteiger partial charge on any atom is -0.494 e. The van der Waals surface area contributed by atoms with Crippen molar-refractivity contribution in [2.45, 2.75) is 25.7 Å². The molecule has 0 aliphatic carbocycles. The van der Waals surface area contributed by atoms with Crippen LogP contribution < -0.4 is 4.74 Å². The molecule has 0 N–H and O–H groups in total. The number of likely N-dealkylation sites (tertiary alicyclic amines) is 1. The second-order valence-electron chi connectivity index (χ2n) is 6.68. The van der Waals surface area contributed by atoms with Gasteiger partial charge in [-0.05, 0) is 30.7 Å². The average Bonchev–Trinajstić information content (AvgIpc) is 3.18. The Labute approximate surface area is 162 Å². The first-order valence-corrected chi connectivity index (χ1v) is 9.36. The number of amides is 1. The molecule has 1 fully saturated rings. The summed E-state index contributed by atoms with van der Waals surface area (Å²) < 4.78 is 11.0. The molecule has 28 heavy (non-hydrogen) atoms. The third kappa shape index (κ3) is 3.85. The van der Waals surface area contributed by atoms with Crippen LogP contribution in [0.4, 0.5) is 0 Å². The molecule has 0 saturated carbocycles. The van der Waals surface area contributed by atoms with Crippen LogP contribution in [0.1, 0.15) is 41.9 Å². The zero-order valence-electron chi connectivity index (χ0n) is 15.6. The van der Waals surface area contributed by atoms with E-state index in [4.69, 9.17) is 9.26 Å². The molecule has 0 unspecified atom stereocenters. The molecular weight excluding hydrogens is 358 g/mol. The first-order valence-electron chi connectivity index (χ1n) is 9.36. The summed E-state index contributed by atoms with van der Waals surface area (Å²) in [7, 11) is 0. The monoisotopic (exact) mass is 379 g/mol. The number of hydrogen-bond acceptors (Lipinski definition) is 7. The highest BCUT2D eigenvalue weighted by molar-refractivity contribution is 5.95. The summed E-state index contributed by atoms with van der Waals surface area (Å²) in [5, 5.41) is 3.95. The highest BCUT2D eigenvalue weighted by Crippen LogP contribution is 2.28. The topological polar surface area (TPSA) is 94.2 Å². The van der Waals surface area contributed by atoms with Gasteiger partial charge in [-0.2, -0.15) is 4.98 Å². The fourth-order valence-electron chi connectivity index (χ4n) is 2.93. The van der Waals surface area contributed by atoms with Crippen molar-refractivity contribution in [3.05, 3.63) is 54.3 Å². The maximum absolute atomic E-state index is 12.6. The van der Waals surface area contributed by atoms with E-state index in [-0.39, 0.29) is 11.8 Å². The number of unbranched alkanes of at least 4 members (excludes halogenated alkanes) is 1. The van der Waals surface area contributed by atoms with Crippen molar-refractivity contribution in [3.63, 3.8) is 0 Å². The SMILES string of the molecule is CCCCOc1ccc(C(=O)N2CC(c3nc(-c4cnccn4)no3)C2)cc1. The van der Waals surface area contributed by atoms with E-state index < -0.39 is 0 Å². The molecule has 0 spiro atoms. The van der Waals surface area contributed by atoms with Crippen LogP contribution in [-0.2, 0) is 0 Å². The highest BCUT2D eigenvalue weighted by atomic mass is 16.5. The number of rotatable bonds is 7. The van der Waals surface area contributed by atoms with Crippen molar-refractivity contribution in [1.29, 1.82) is 0 Å². The Balaban J connectivity index is 1.32. The minimum absolute atomic E-state index is 0.00924. The summed E-state index contributed by atoms with van der Waals surface area (Å²) >= 11 is 0. The molecule has 1 aliphatic rings. The van der Waals surface area contributed by atoms with Gasteiger partial charge in [0.1, 0.15) is 11.4 Å². The van der Waals surface area contributed by atoms with Gasteiger partial charge in [0.05, 0.1) is 18.7 Å². The predicted octanol–water partition coefficient (Wildman–Crippen LogP) is 2.95. The fourth-order valence-corrected chi connectivity index (χ4v) is 2.93. The standard InChI is InChI=1S/C20H21N5O3/c1-2-3-10-27-16-6-4-14(5-7-16)20(26)25-12-15(13-25)19-23-18(24-28-19)17-11-21-8-9-22-17/h4-9,11,15H,2-3,10,12-13H2,1H3. The van der Waals surface area contributed by atoms with Crippen molar-refractivity contribution in [1.82, 2.24) is 25.0 Å². The molecule has 144 valence electrons. The Morgan fingerprint density at radius 3 is 2.79 bits per heavy atom. The smallest absolute Gasteiger partial charge is 0.253 e. The van der Waals surface area contributed by atoms with Gasteiger partial charge >= 0.3 is 0 Å². The van der Waals surface area contributed by atoms with Crippen molar-refractivity contribution in [3.8, 4) is 17.3 Å². The molecule has 3 heterocycles. The van der Waals surface area contributed by atoms with Crippen LogP contribution >= 0.6 is 0 Å². The molecule has 0 radical (unpaired) electrons. The molecule has 1 amide bonds. The maximum Gasteiger partial charge on any atom is 0.253 e. The van der Waals surface area contributed by atoms with Gasteiger partial charge in [-0.15, -0.1) is 0 Å². The van der Waals surface area contributed by atoms with Gasteiger partial charge in [0.2, 0.25) is 11.7 Å².